The largest absolute Gasteiger partial charge is 0.355 e. The standard InChI is InChI=1S/C22H37N3O3S/c1-3-8-21(9-4-2)22(26)23-13-19-29(27,28)25-17-15-24(16-18-25)14-12-20-10-6-5-7-11-20/h5-7,10-11,21H,3-4,8-9,12-19H2,1-2H3,(H,23,26). The zero-order chi connectivity index (χ0) is 21.1. The van der Waals surface area contributed by atoms with Gasteiger partial charge in [-0.1, -0.05) is 57.0 Å². The summed E-state index contributed by atoms with van der Waals surface area (Å²) in [5.74, 6) is -0.0243. The molecule has 1 aromatic carbocycles. The first-order valence-corrected chi connectivity index (χ1v) is 12.6. The molecule has 0 radical (unpaired) electrons. The first kappa shape index (κ1) is 23.8. The lowest BCUT2D eigenvalue weighted by atomic mass is 9.97. The van der Waals surface area contributed by atoms with Gasteiger partial charge in [0.25, 0.3) is 0 Å². The van der Waals surface area contributed by atoms with Gasteiger partial charge in [-0.05, 0) is 24.8 Å². The molecular formula is C22H37N3O3S. The molecule has 29 heavy (non-hydrogen) atoms. The summed E-state index contributed by atoms with van der Waals surface area (Å²) in [6.45, 7) is 7.85. The van der Waals surface area contributed by atoms with Crippen LogP contribution in [0.25, 0.3) is 0 Å². The highest BCUT2D eigenvalue weighted by Gasteiger charge is 2.27. The van der Waals surface area contributed by atoms with Crippen LogP contribution in [0, 0.1) is 5.92 Å². The Balaban J connectivity index is 1.71. The molecule has 0 atom stereocenters. The van der Waals surface area contributed by atoms with E-state index in [0.29, 0.717) is 13.1 Å². The molecule has 1 N–H and O–H groups in total. The second-order valence-electron chi connectivity index (χ2n) is 7.86. The number of amides is 1. The number of hydrogen-bond donors (Lipinski definition) is 1. The van der Waals surface area contributed by atoms with Crippen molar-refractivity contribution in [2.75, 3.05) is 45.0 Å². The van der Waals surface area contributed by atoms with E-state index in [2.05, 4.69) is 36.2 Å². The summed E-state index contributed by atoms with van der Waals surface area (Å²) in [7, 11) is -3.33. The molecule has 7 heteroatoms. The fourth-order valence-corrected chi connectivity index (χ4v) is 5.18. The maximum Gasteiger partial charge on any atom is 0.223 e. The Morgan fingerprint density at radius 1 is 1.03 bits per heavy atom. The van der Waals surface area contributed by atoms with Gasteiger partial charge in [0.15, 0.2) is 0 Å². The van der Waals surface area contributed by atoms with Gasteiger partial charge in [0.1, 0.15) is 0 Å². The summed E-state index contributed by atoms with van der Waals surface area (Å²) >= 11 is 0. The molecule has 0 spiro atoms. The average molecular weight is 424 g/mol. The number of carbonyl (C=O) groups excluding carboxylic acids is 1. The van der Waals surface area contributed by atoms with Crippen LogP contribution in [0.3, 0.4) is 0 Å². The lowest BCUT2D eigenvalue weighted by molar-refractivity contribution is -0.125. The van der Waals surface area contributed by atoms with Crippen LogP contribution in [-0.4, -0.2) is 68.6 Å². The van der Waals surface area contributed by atoms with Gasteiger partial charge in [0.05, 0.1) is 5.75 Å². The van der Waals surface area contributed by atoms with Crippen molar-refractivity contribution in [2.45, 2.75) is 46.0 Å². The Labute approximate surface area is 176 Å². The smallest absolute Gasteiger partial charge is 0.223 e. The minimum atomic E-state index is -3.33. The minimum Gasteiger partial charge on any atom is -0.355 e. The summed E-state index contributed by atoms with van der Waals surface area (Å²) < 4.78 is 26.8. The van der Waals surface area contributed by atoms with Crippen LogP contribution in [0.5, 0.6) is 0 Å². The molecule has 0 bridgehead atoms. The van der Waals surface area contributed by atoms with Gasteiger partial charge in [0.2, 0.25) is 15.9 Å². The summed E-state index contributed by atoms with van der Waals surface area (Å²) in [6.07, 6.45) is 4.63. The molecule has 0 unspecified atom stereocenters. The third kappa shape index (κ3) is 8.07. The van der Waals surface area contributed by atoms with Gasteiger partial charge in [-0.25, -0.2) is 8.42 Å². The molecule has 1 fully saturated rings. The van der Waals surface area contributed by atoms with E-state index >= 15 is 0 Å². The van der Waals surface area contributed by atoms with Gasteiger partial charge in [-0.3, -0.25) is 4.79 Å². The first-order chi connectivity index (χ1) is 14.0. The van der Waals surface area contributed by atoms with E-state index in [1.807, 2.05) is 18.2 Å². The Bertz CT molecular complexity index is 695. The van der Waals surface area contributed by atoms with E-state index in [-0.39, 0.29) is 24.1 Å². The summed E-state index contributed by atoms with van der Waals surface area (Å²) in [6, 6.07) is 10.4. The second-order valence-corrected chi connectivity index (χ2v) is 9.95. The first-order valence-electron chi connectivity index (χ1n) is 11.0. The molecule has 1 amide bonds. The molecule has 0 aliphatic carbocycles. The summed E-state index contributed by atoms with van der Waals surface area (Å²) in [5, 5.41) is 2.84. The van der Waals surface area contributed by atoms with Crippen molar-refractivity contribution < 1.29 is 13.2 Å². The van der Waals surface area contributed by atoms with Crippen molar-refractivity contribution in [1.29, 1.82) is 0 Å². The number of carbonyl (C=O) groups is 1. The van der Waals surface area contributed by atoms with Crippen LogP contribution in [-0.2, 0) is 21.2 Å². The summed E-state index contributed by atoms with van der Waals surface area (Å²) in [5.41, 5.74) is 1.31. The zero-order valence-electron chi connectivity index (χ0n) is 18.0. The molecule has 1 heterocycles. The van der Waals surface area contributed by atoms with Gasteiger partial charge < -0.3 is 10.2 Å². The molecule has 1 aliphatic rings. The highest BCUT2D eigenvalue weighted by Crippen LogP contribution is 2.14. The SMILES string of the molecule is CCCC(CCC)C(=O)NCCS(=O)(=O)N1CCN(CCc2ccccc2)CC1. The van der Waals surface area contributed by atoms with Crippen LogP contribution in [0.1, 0.15) is 45.1 Å². The second kappa shape index (κ2) is 12.3. The number of benzene rings is 1. The fraction of sp³-hybridized carbons (Fsp3) is 0.682. The maximum absolute atomic E-state index is 12.6. The normalized spacial score (nSPS) is 16.2. The average Bonchev–Trinajstić information content (AvgIpc) is 2.73. The molecule has 0 saturated carbocycles. The number of nitrogens with one attached hydrogen (secondary N) is 1. The number of rotatable bonds is 12. The maximum atomic E-state index is 12.6. The number of sulfonamides is 1. The molecule has 2 rings (SSSR count). The number of piperazine rings is 1. The van der Waals surface area contributed by atoms with Crippen molar-refractivity contribution in [3.8, 4) is 0 Å². The molecular weight excluding hydrogens is 386 g/mol. The monoisotopic (exact) mass is 423 g/mol. The predicted octanol–water partition coefficient (Wildman–Crippen LogP) is 2.51. The highest BCUT2D eigenvalue weighted by molar-refractivity contribution is 7.89. The third-order valence-electron chi connectivity index (χ3n) is 5.59. The van der Waals surface area contributed by atoms with Crippen molar-refractivity contribution in [3.63, 3.8) is 0 Å². The lowest BCUT2D eigenvalue weighted by Crippen LogP contribution is -2.50. The van der Waals surface area contributed by atoms with Crippen molar-refractivity contribution >= 4 is 15.9 Å². The van der Waals surface area contributed by atoms with E-state index in [1.165, 1.54) is 5.56 Å². The van der Waals surface area contributed by atoms with Crippen LogP contribution < -0.4 is 5.32 Å². The van der Waals surface area contributed by atoms with Crippen LogP contribution >= 0.6 is 0 Å². The Hall–Kier alpha value is -1.44. The lowest BCUT2D eigenvalue weighted by Gasteiger charge is -2.34. The van der Waals surface area contributed by atoms with E-state index in [9.17, 15) is 13.2 Å². The number of hydrogen-bond acceptors (Lipinski definition) is 4. The van der Waals surface area contributed by atoms with Crippen molar-refractivity contribution in [3.05, 3.63) is 35.9 Å². The molecule has 1 saturated heterocycles. The quantitative estimate of drug-likeness (QED) is 0.561. The Morgan fingerprint density at radius 2 is 1.66 bits per heavy atom. The van der Waals surface area contributed by atoms with E-state index in [0.717, 1.165) is 51.7 Å². The Morgan fingerprint density at radius 3 is 2.24 bits per heavy atom. The molecule has 0 aromatic heterocycles. The minimum absolute atomic E-state index is 0.000800. The third-order valence-corrected chi connectivity index (χ3v) is 7.46. The van der Waals surface area contributed by atoms with Gasteiger partial charge >= 0.3 is 0 Å². The predicted molar refractivity (Wildman–Crippen MR) is 118 cm³/mol. The van der Waals surface area contributed by atoms with Crippen LogP contribution in [0.4, 0.5) is 0 Å². The van der Waals surface area contributed by atoms with E-state index in [1.54, 1.807) is 4.31 Å². The Kier molecular flexibility index (Phi) is 10.1. The van der Waals surface area contributed by atoms with Gasteiger partial charge in [-0.15, -0.1) is 0 Å². The molecule has 1 aliphatic heterocycles. The highest BCUT2D eigenvalue weighted by atomic mass is 32.2. The summed E-state index contributed by atoms with van der Waals surface area (Å²) in [4.78, 5) is 14.6. The van der Waals surface area contributed by atoms with E-state index < -0.39 is 10.0 Å². The van der Waals surface area contributed by atoms with Gasteiger partial charge in [-0.2, -0.15) is 4.31 Å². The molecule has 6 nitrogen and oxygen atoms in total. The topological polar surface area (TPSA) is 69.7 Å². The van der Waals surface area contributed by atoms with Crippen LogP contribution in [0.15, 0.2) is 30.3 Å². The number of nitrogens with zero attached hydrogens (tertiary/aromatic N) is 2. The molecule has 1 aromatic rings. The zero-order valence-corrected chi connectivity index (χ0v) is 18.8. The van der Waals surface area contributed by atoms with E-state index in [4.69, 9.17) is 0 Å². The van der Waals surface area contributed by atoms with Gasteiger partial charge in [0, 0.05) is 45.2 Å². The van der Waals surface area contributed by atoms with Crippen molar-refractivity contribution in [1.82, 2.24) is 14.5 Å². The fourth-order valence-electron chi connectivity index (χ4n) is 3.84. The molecule has 164 valence electrons. The van der Waals surface area contributed by atoms with Crippen LogP contribution in [0.2, 0.25) is 0 Å². The van der Waals surface area contributed by atoms with Crippen molar-refractivity contribution in [2.24, 2.45) is 5.92 Å².